The van der Waals surface area contributed by atoms with Crippen LogP contribution in [-0.4, -0.2) is 55.4 Å². The van der Waals surface area contributed by atoms with Crippen molar-refractivity contribution in [3.8, 4) is 5.75 Å². The minimum atomic E-state index is -0.975. The molecule has 1 aromatic carbocycles. The van der Waals surface area contributed by atoms with Gasteiger partial charge in [0.05, 0.1) is 13.7 Å². The number of hydrogen-bond acceptors (Lipinski definition) is 6. The van der Waals surface area contributed by atoms with E-state index in [4.69, 9.17) is 15.5 Å². The number of likely N-dealkylation sites (tertiary alicyclic amines) is 1. The second kappa shape index (κ2) is 8.74. The summed E-state index contributed by atoms with van der Waals surface area (Å²) < 4.78 is 18.9. The summed E-state index contributed by atoms with van der Waals surface area (Å²) in [5.74, 6) is -0.251. The van der Waals surface area contributed by atoms with Crippen LogP contribution in [0.25, 0.3) is 0 Å². The summed E-state index contributed by atoms with van der Waals surface area (Å²) in [6, 6.07) is 5.07. The lowest BCUT2D eigenvalue weighted by molar-refractivity contribution is 0.272. The average molecular weight is 391 g/mol. The Morgan fingerprint density at radius 3 is 2.96 bits per heavy atom. The number of rotatable bonds is 6. The normalized spacial score (nSPS) is 26.5. The molecule has 1 fully saturated rings. The van der Waals surface area contributed by atoms with Gasteiger partial charge in [0.1, 0.15) is 0 Å². The van der Waals surface area contributed by atoms with Crippen LogP contribution in [0.2, 0.25) is 0 Å². The van der Waals surface area contributed by atoms with E-state index in [0.717, 1.165) is 19.5 Å². The summed E-state index contributed by atoms with van der Waals surface area (Å²) in [5.41, 5.74) is 6.88. The molecule has 0 bridgehead atoms. The fourth-order valence-electron chi connectivity index (χ4n) is 3.51. The van der Waals surface area contributed by atoms with Crippen molar-refractivity contribution in [2.24, 2.45) is 15.7 Å². The number of guanidine groups is 2. The van der Waals surface area contributed by atoms with Crippen LogP contribution in [0.3, 0.4) is 0 Å². The number of hydrogen-bond donors (Lipinski definition) is 4. The highest BCUT2D eigenvalue weighted by molar-refractivity contribution is 6.07. The summed E-state index contributed by atoms with van der Waals surface area (Å²) in [5, 5.41) is 9.35. The van der Waals surface area contributed by atoms with Gasteiger partial charge < -0.3 is 15.4 Å². The van der Waals surface area contributed by atoms with Gasteiger partial charge >= 0.3 is 0 Å². The van der Waals surface area contributed by atoms with Gasteiger partial charge in [-0.15, -0.1) is 0 Å². The second-order valence-electron chi connectivity index (χ2n) is 7.08. The Hall–Kier alpha value is -2.39. The van der Waals surface area contributed by atoms with E-state index in [2.05, 4.69) is 32.8 Å². The van der Waals surface area contributed by atoms with Crippen molar-refractivity contribution in [3.05, 3.63) is 24.0 Å². The quantitative estimate of drug-likeness (QED) is 0.589. The van der Waals surface area contributed by atoms with Crippen molar-refractivity contribution in [1.82, 2.24) is 15.5 Å². The van der Waals surface area contributed by atoms with Crippen LogP contribution in [-0.2, 0) is 0 Å². The molecule has 28 heavy (non-hydrogen) atoms. The monoisotopic (exact) mass is 391 g/mol. The third kappa shape index (κ3) is 4.71. The van der Waals surface area contributed by atoms with E-state index in [1.165, 1.54) is 19.6 Å². The Labute approximate surface area is 165 Å². The molecule has 5 N–H and O–H groups in total. The maximum atomic E-state index is 14.0. The number of halogens is 1. The van der Waals surface area contributed by atoms with Crippen LogP contribution >= 0.6 is 0 Å². The van der Waals surface area contributed by atoms with Gasteiger partial charge in [-0.05, 0) is 38.1 Å². The van der Waals surface area contributed by atoms with Crippen LogP contribution < -0.4 is 26.4 Å². The molecule has 0 aromatic heterocycles. The molecule has 2 aliphatic heterocycles. The van der Waals surface area contributed by atoms with Crippen LogP contribution in [0, 0.1) is 5.82 Å². The summed E-state index contributed by atoms with van der Waals surface area (Å²) in [7, 11) is 1.43. The lowest BCUT2D eigenvalue weighted by Crippen LogP contribution is -2.64. The Morgan fingerprint density at radius 1 is 1.46 bits per heavy atom. The van der Waals surface area contributed by atoms with E-state index < -0.39 is 11.6 Å². The molecule has 2 atom stereocenters. The molecular formula is C19H30FN7O. The SMILES string of the molecule is CCN1CCCC1CN=C1NC(Nc2ccc(OC)c(F)c2)=NC(N)(CC)N1. The second-order valence-corrected chi connectivity index (χ2v) is 7.08. The van der Waals surface area contributed by atoms with E-state index >= 15 is 0 Å². The molecule has 3 rings (SSSR count). The number of benzene rings is 1. The van der Waals surface area contributed by atoms with Crippen molar-refractivity contribution in [2.45, 2.75) is 44.9 Å². The first-order chi connectivity index (χ1) is 13.5. The highest BCUT2D eigenvalue weighted by Gasteiger charge is 2.30. The lowest BCUT2D eigenvalue weighted by Gasteiger charge is -2.33. The number of aliphatic imine (C=N–C) groups is 2. The summed E-state index contributed by atoms with van der Waals surface area (Å²) in [4.78, 5) is 11.6. The van der Waals surface area contributed by atoms with E-state index in [1.807, 2.05) is 6.92 Å². The van der Waals surface area contributed by atoms with Crippen molar-refractivity contribution < 1.29 is 9.13 Å². The average Bonchev–Trinajstić information content (AvgIpc) is 3.14. The molecule has 9 heteroatoms. The highest BCUT2D eigenvalue weighted by atomic mass is 19.1. The molecule has 2 unspecified atom stereocenters. The van der Waals surface area contributed by atoms with Crippen molar-refractivity contribution in [2.75, 3.05) is 32.1 Å². The number of nitrogens with two attached hydrogens (primary N) is 1. The fraction of sp³-hybridized carbons (Fsp3) is 0.579. The molecule has 0 aliphatic carbocycles. The maximum Gasteiger partial charge on any atom is 0.206 e. The molecule has 2 heterocycles. The van der Waals surface area contributed by atoms with E-state index in [-0.39, 0.29) is 5.75 Å². The first-order valence-electron chi connectivity index (χ1n) is 9.79. The Kier molecular flexibility index (Phi) is 6.35. The zero-order valence-electron chi connectivity index (χ0n) is 16.8. The van der Waals surface area contributed by atoms with Crippen molar-refractivity contribution in [1.29, 1.82) is 0 Å². The Bertz CT molecular complexity index is 754. The van der Waals surface area contributed by atoms with Crippen molar-refractivity contribution >= 4 is 17.6 Å². The van der Waals surface area contributed by atoms with E-state index in [1.54, 1.807) is 12.1 Å². The third-order valence-corrected chi connectivity index (χ3v) is 5.20. The van der Waals surface area contributed by atoms with Gasteiger partial charge in [0.15, 0.2) is 17.4 Å². The predicted molar refractivity (Wildman–Crippen MR) is 110 cm³/mol. The molecule has 2 aliphatic rings. The minimum absolute atomic E-state index is 0.187. The highest BCUT2D eigenvalue weighted by Crippen LogP contribution is 2.21. The van der Waals surface area contributed by atoms with Gasteiger partial charge in [0.2, 0.25) is 11.9 Å². The number of nitrogens with one attached hydrogen (secondary N) is 3. The van der Waals surface area contributed by atoms with Crippen LogP contribution in [0.15, 0.2) is 28.2 Å². The minimum Gasteiger partial charge on any atom is -0.494 e. The van der Waals surface area contributed by atoms with Gasteiger partial charge in [0.25, 0.3) is 0 Å². The summed E-state index contributed by atoms with van der Waals surface area (Å²) in [6.07, 6.45) is 2.92. The van der Waals surface area contributed by atoms with Crippen LogP contribution in [0.5, 0.6) is 5.75 Å². The maximum absolute atomic E-state index is 14.0. The molecule has 0 radical (unpaired) electrons. The van der Waals surface area contributed by atoms with Crippen LogP contribution in [0.4, 0.5) is 10.1 Å². The zero-order chi connectivity index (χ0) is 20.1. The third-order valence-electron chi connectivity index (χ3n) is 5.20. The van der Waals surface area contributed by atoms with Crippen LogP contribution in [0.1, 0.15) is 33.1 Å². The number of methoxy groups -OCH3 is 1. The number of nitrogens with zero attached hydrogens (tertiary/aromatic N) is 3. The smallest absolute Gasteiger partial charge is 0.206 e. The number of anilines is 1. The molecular weight excluding hydrogens is 361 g/mol. The molecule has 1 aromatic rings. The number of ether oxygens (including phenoxy) is 1. The first kappa shape index (κ1) is 20.3. The predicted octanol–water partition coefficient (Wildman–Crippen LogP) is 1.66. The van der Waals surface area contributed by atoms with Gasteiger partial charge in [-0.1, -0.05) is 13.8 Å². The largest absolute Gasteiger partial charge is 0.494 e. The first-order valence-corrected chi connectivity index (χ1v) is 9.79. The number of likely N-dealkylation sites (N-methyl/N-ethyl adjacent to an activating group) is 1. The molecule has 0 amide bonds. The fourth-order valence-corrected chi connectivity index (χ4v) is 3.51. The van der Waals surface area contributed by atoms with Crippen molar-refractivity contribution in [3.63, 3.8) is 0 Å². The lowest BCUT2D eigenvalue weighted by atomic mass is 10.2. The zero-order valence-corrected chi connectivity index (χ0v) is 16.8. The van der Waals surface area contributed by atoms with Gasteiger partial charge in [-0.25, -0.2) is 9.38 Å². The molecule has 154 valence electrons. The molecule has 0 spiro atoms. The summed E-state index contributed by atoms with van der Waals surface area (Å²) >= 11 is 0. The molecule has 1 saturated heterocycles. The van der Waals surface area contributed by atoms with Gasteiger partial charge in [0, 0.05) is 24.2 Å². The topological polar surface area (TPSA) is 99.3 Å². The van der Waals surface area contributed by atoms with E-state index in [9.17, 15) is 4.39 Å². The summed E-state index contributed by atoms with van der Waals surface area (Å²) in [6.45, 7) is 6.96. The van der Waals surface area contributed by atoms with E-state index in [0.29, 0.717) is 36.6 Å². The molecule has 8 nitrogen and oxygen atoms in total. The Balaban J connectivity index is 1.73. The Morgan fingerprint density at radius 2 is 2.29 bits per heavy atom. The van der Waals surface area contributed by atoms with Gasteiger partial charge in [-0.3, -0.25) is 20.9 Å². The van der Waals surface area contributed by atoms with Gasteiger partial charge in [-0.2, -0.15) is 0 Å². The molecule has 0 saturated carbocycles. The standard InChI is InChI=1S/C19H30FN7O/c1-4-19(21)25-17(22-12-14-7-6-10-27(14)5-2)24-18(26-19)23-13-8-9-16(28-3)15(20)11-13/h8-9,11,14H,4-7,10,12,21H2,1-3H3,(H3,22,23,24,25,26).